The number of aliphatic hydroxyl groups is 1. The molecule has 2 saturated heterocycles. The van der Waals surface area contributed by atoms with Gasteiger partial charge in [-0.25, -0.2) is 4.68 Å². The topological polar surface area (TPSA) is 121 Å². The Morgan fingerprint density at radius 3 is 2.54 bits per heavy atom. The molecule has 0 aliphatic carbocycles. The number of benzene rings is 2. The Morgan fingerprint density at radius 1 is 0.927 bits per heavy atom. The first-order valence-electron chi connectivity index (χ1n) is 13.8. The SMILES string of the molecule is O=C1C2N(CCO)C(=O)[C@@H]3[C@@H]4C(=O)N(Cc5ccccc5)CC=C[C@@H]4O[C@]23C=CCN1Cn1nnc2ccccc21. The molecule has 11 heteroatoms. The summed E-state index contributed by atoms with van der Waals surface area (Å²) in [6.07, 6.45) is 6.73. The monoisotopic (exact) mass is 554 g/mol. The van der Waals surface area contributed by atoms with E-state index in [0.29, 0.717) is 18.6 Å². The van der Waals surface area contributed by atoms with Crippen LogP contribution in [0.3, 0.4) is 0 Å². The van der Waals surface area contributed by atoms with Gasteiger partial charge in [0.15, 0.2) is 0 Å². The molecule has 0 saturated carbocycles. The molecule has 41 heavy (non-hydrogen) atoms. The van der Waals surface area contributed by atoms with Crippen LogP contribution in [0, 0.1) is 11.8 Å². The van der Waals surface area contributed by atoms with E-state index in [1.807, 2.05) is 72.8 Å². The van der Waals surface area contributed by atoms with Crippen LogP contribution in [-0.4, -0.2) is 96.5 Å². The number of hydrogen-bond acceptors (Lipinski definition) is 7. The number of nitrogens with zero attached hydrogens (tertiary/aromatic N) is 6. The number of hydrogen-bond donors (Lipinski definition) is 1. The number of fused-ring (bicyclic) bond motifs is 3. The molecule has 1 spiro atoms. The predicted octanol–water partition coefficient (Wildman–Crippen LogP) is 0.959. The first-order chi connectivity index (χ1) is 20.0. The molecular weight excluding hydrogens is 524 g/mol. The Hall–Kier alpha value is -4.35. The summed E-state index contributed by atoms with van der Waals surface area (Å²) < 4.78 is 8.28. The third-order valence-corrected chi connectivity index (χ3v) is 8.61. The molecule has 7 rings (SSSR count). The number of likely N-dealkylation sites (tertiary alicyclic amines) is 1. The van der Waals surface area contributed by atoms with Crippen LogP contribution < -0.4 is 0 Å². The van der Waals surface area contributed by atoms with Gasteiger partial charge < -0.3 is 24.5 Å². The molecular formula is C30H30N6O5. The summed E-state index contributed by atoms with van der Waals surface area (Å²) in [7, 11) is 0. The predicted molar refractivity (Wildman–Crippen MR) is 147 cm³/mol. The van der Waals surface area contributed by atoms with Crippen molar-refractivity contribution in [2.24, 2.45) is 11.8 Å². The van der Waals surface area contributed by atoms with Crippen molar-refractivity contribution in [1.29, 1.82) is 0 Å². The zero-order chi connectivity index (χ0) is 28.1. The number of β-amino-alcohol motifs (C(OH)–C–C–N with tert-alkyl or cyclic N) is 1. The molecule has 5 heterocycles. The molecule has 3 amide bonds. The van der Waals surface area contributed by atoms with Crippen LogP contribution in [0.4, 0.5) is 0 Å². The number of amides is 3. The molecule has 3 aromatic rings. The van der Waals surface area contributed by atoms with Gasteiger partial charge in [0.05, 0.1) is 30.1 Å². The molecule has 2 aromatic carbocycles. The Kier molecular flexibility index (Phi) is 6.20. The number of aromatic nitrogens is 3. The lowest BCUT2D eigenvalue weighted by Crippen LogP contribution is -2.55. The van der Waals surface area contributed by atoms with E-state index in [-0.39, 0.29) is 44.1 Å². The van der Waals surface area contributed by atoms with E-state index in [2.05, 4.69) is 10.3 Å². The van der Waals surface area contributed by atoms with Crippen LogP contribution in [0.2, 0.25) is 0 Å². The fourth-order valence-electron chi connectivity index (χ4n) is 6.84. The van der Waals surface area contributed by atoms with Crippen molar-refractivity contribution in [2.45, 2.75) is 31.0 Å². The van der Waals surface area contributed by atoms with Gasteiger partial charge in [-0.1, -0.05) is 72.0 Å². The van der Waals surface area contributed by atoms with Crippen molar-refractivity contribution < 1.29 is 24.2 Å². The minimum atomic E-state index is -1.34. The second-order valence-corrected chi connectivity index (χ2v) is 10.9. The van der Waals surface area contributed by atoms with E-state index >= 15 is 0 Å². The third kappa shape index (κ3) is 3.98. The van der Waals surface area contributed by atoms with Crippen LogP contribution in [0.25, 0.3) is 11.0 Å². The molecule has 5 atom stereocenters. The molecule has 11 nitrogen and oxygen atoms in total. The molecule has 210 valence electrons. The largest absolute Gasteiger partial charge is 0.395 e. The Labute approximate surface area is 236 Å². The van der Waals surface area contributed by atoms with Crippen LogP contribution >= 0.6 is 0 Å². The Balaban J connectivity index is 1.24. The van der Waals surface area contributed by atoms with Crippen molar-refractivity contribution in [3.63, 3.8) is 0 Å². The zero-order valence-electron chi connectivity index (χ0n) is 22.3. The highest BCUT2D eigenvalue weighted by molar-refractivity contribution is 5.99. The lowest BCUT2D eigenvalue weighted by atomic mass is 9.77. The Morgan fingerprint density at radius 2 is 1.71 bits per heavy atom. The van der Waals surface area contributed by atoms with Gasteiger partial charge in [0.25, 0.3) is 5.91 Å². The number of ether oxygens (including phenoxy) is 1. The number of aliphatic hydroxyl groups excluding tert-OH is 1. The lowest BCUT2D eigenvalue weighted by molar-refractivity contribution is -0.149. The average Bonchev–Trinajstić information content (AvgIpc) is 3.54. The highest BCUT2D eigenvalue weighted by Gasteiger charge is 2.71. The summed E-state index contributed by atoms with van der Waals surface area (Å²) in [6, 6.07) is 16.2. The zero-order valence-corrected chi connectivity index (χ0v) is 22.3. The van der Waals surface area contributed by atoms with Crippen LogP contribution in [0.15, 0.2) is 78.9 Å². The summed E-state index contributed by atoms with van der Waals surface area (Å²) in [5, 5.41) is 18.3. The fourth-order valence-corrected chi connectivity index (χ4v) is 6.84. The number of rotatable bonds is 6. The summed E-state index contributed by atoms with van der Waals surface area (Å²) in [5.74, 6) is -2.55. The lowest BCUT2D eigenvalue weighted by Gasteiger charge is -2.35. The van der Waals surface area contributed by atoms with Crippen molar-refractivity contribution in [2.75, 3.05) is 26.2 Å². The molecule has 4 aliphatic heterocycles. The highest BCUT2D eigenvalue weighted by Crippen LogP contribution is 2.53. The van der Waals surface area contributed by atoms with E-state index in [1.54, 1.807) is 20.6 Å². The van der Waals surface area contributed by atoms with Gasteiger partial charge >= 0.3 is 0 Å². The van der Waals surface area contributed by atoms with E-state index in [4.69, 9.17) is 4.74 Å². The fraction of sp³-hybridized carbons (Fsp3) is 0.367. The van der Waals surface area contributed by atoms with Gasteiger partial charge in [-0.05, 0) is 17.7 Å². The van der Waals surface area contributed by atoms with E-state index < -0.39 is 29.6 Å². The summed E-state index contributed by atoms with van der Waals surface area (Å²) in [5.41, 5.74) is 1.14. The quantitative estimate of drug-likeness (QED) is 0.451. The number of carbonyl (C=O) groups is 3. The molecule has 1 aromatic heterocycles. The summed E-state index contributed by atoms with van der Waals surface area (Å²) in [4.78, 5) is 47.2. The maximum atomic E-state index is 14.3. The van der Waals surface area contributed by atoms with Crippen LogP contribution in [0.1, 0.15) is 5.56 Å². The number of carbonyl (C=O) groups excluding carboxylic acids is 3. The van der Waals surface area contributed by atoms with Gasteiger partial charge in [0.2, 0.25) is 11.8 Å². The molecule has 1 unspecified atom stereocenters. The summed E-state index contributed by atoms with van der Waals surface area (Å²) >= 11 is 0. The van der Waals surface area contributed by atoms with Gasteiger partial charge in [-0.3, -0.25) is 14.4 Å². The minimum Gasteiger partial charge on any atom is -0.395 e. The van der Waals surface area contributed by atoms with Crippen LogP contribution in [0.5, 0.6) is 0 Å². The molecule has 2 fully saturated rings. The van der Waals surface area contributed by atoms with Gasteiger partial charge in [-0.15, -0.1) is 5.10 Å². The van der Waals surface area contributed by atoms with Crippen molar-refractivity contribution in [1.82, 2.24) is 29.7 Å². The minimum absolute atomic E-state index is 0.0417. The van der Waals surface area contributed by atoms with E-state index in [0.717, 1.165) is 11.1 Å². The second-order valence-electron chi connectivity index (χ2n) is 10.9. The molecule has 0 radical (unpaired) electrons. The summed E-state index contributed by atoms with van der Waals surface area (Å²) in [6.45, 7) is 0.827. The van der Waals surface area contributed by atoms with Crippen molar-refractivity contribution in [3.05, 3.63) is 84.5 Å². The first-order valence-corrected chi connectivity index (χ1v) is 13.8. The van der Waals surface area contributed by atoms with Crippen molar-refractivity contribution >= 4 is 28.8 Å². The van der Waals surface area contributed by atoms with Gasteiger partial charge in [0, 0.05) is 26.2 Å². The van der Waals surface area contributed by atoms with Gasteiger partial charge in [-0.2, -0.15) is 0 Å². The standard InChI is InChI=1S/C30H30N6O5/c37-17-16-35-26-29(40)34(19-36-22-11-5-4-10-21(22)31-32-36)15-7-13-30(26)25(28(35)39)24-23(41-30)12-6-14-33(27(24)38)18-20-8-2-1-3-9-20/h1-13,23-26,37H,14-19H2/t23-,24+,25-,26?,30-/m0/s1. The molecule has 4 aliphatic rings. The average molecular weight is 555 g/mol. The van der Waals surface area contributed by atoms with Crippen molar-refractivity contribution in [3.8, 4) is 0 Å². The normalized spacial score (nSPS) is 29.1. The third-order valence-electron chi connectivity index (χ3n) is 8.61. The second kappa shape index (κ2) is 9.93. The van der Waals surface area contributed by atoms with E-state index in [1.165, 1.54) is 4.90 Å². The smallest absolute Gasteiger partial charge is 0.250 e. The Bertz CT molecular complexity index is 1570. The first kappa shape index (κ1) is 25.6. The molecule has 1 N–H and O–H groups in total. The maximum absolute atomic E-state index is 14.3. The van der Waals surface area contributed by atoms with Crippen LogP contribution in [-0.2, 0) is 32.3 Å². The van der Waals surface area contributed by atoms with Gasteiger partial charge in [0.1, 0.15) is 23.8 Å². The maximum Gasteiger partial charge on any atom is 0.250 e. The van der Waals surface area contributed by atoms with E-state index in [9.17, 15) is 19.5 Å². The molecule has 0 bridgehead atoms. The highest BCUT2D eigenvalue weighted by atomic mass is 16.5. The number of para-hydroxylation sites is 1.